The van der Waals surface area contributed by atoms with Crippen LogP contribution < -0.4 is 10.9 Å². The first-order chi connectivity index (χ1) is 11.7. The molecule has 2 aromatic rings. The van der Waals surface area contributed by atoms with Gasteiger partial charge < -0.3 is 0 Å². The Kier molecular flexibility index (Phi) is 6.75. The van der Waals surface area contributed by atoms with Crippen LogP contribution >= 0.6 is 0 Å². The zero-order valence-electron chi connectivity index (χ0n) is 12.8. The van der Waals surface area contributed by atoms with Crippen molar-refractivity contribution >= 4 is 24.2 Å². The van der Waals surface area contributed by atoms with Crippen molar-refractivity contribution in [2.45, 2.75) is 12.8 Å². The van der Waals surface area contributed by atoms with Gasteiger partial charge in [0, 0.05) is 37.6 Å². The van der Waals surface area contributed by atoms with Crippen LogP contribution in [-0.2, 0) is 9.59 Å². The number of rotatable bonds is 7. The highest BCUT2D eigenvalue weighted by Crippen LogP contribution is 1.93. The zero-order chi connectivity index (χ0) is 17.0. The minimum atomic E-state index is -0.353. The van der Waals surface area contributed by atoms with Crippen molar-refractivity contribution in [3.8, 4) is 0 Å². The molecule has 0 aliphatic carbocycles. The van der Waals surface area contributed by atoms with E-state index in [0.717, 1.165) is 11.1 Å². The van der Waals surface area contributed by atoms with Crippen molar-refractivity contribution in [3.63, 3.8) is 0 Å². The summed E-state index contributed by atoms with van der Waals surface area (Å²) in [5.74, 6) is -0.706. The van der Waals surface area contributed by atoms with Crippen LogP contribution in [0.1, 0.15) is 24.0 Å². The van der Waals surface area contributed by atoms with Gasteiger partial charge in [-0.05, 0) is 35.4 Å². The zero-order valence-corrected chi connectivity index (χ0v) is 12.8. The molecule has 24 heavy (non-hydrogen) atoms. The van der Waals surface area contributed by atoms with Gasteiger partial charge in [-0.15, -0.1) is 0 Å². The van der Waals surface area contributed by atoms with Crippen molar-refractivity contribution in [2.75, 3.05) is 0 Å². The lowest BCUT2D eigenvalue weighted by molar-refractivity contribution is -0.126. The van der Waals surface area contributed by atoms with Gasteiger partial charge in [-0.25, -0.2) is 10.9 Å². The Labute approximate surface area is 138 Å². The third-order valence-electron chi connectivity index (χ3n) is 2.80. The highest BCUT2D eigenvalue weighted by Gasteiger charge is 2.05. The molecule has 2 N–H and O–H groups in total. The van der Waals surface area contributed by atoms with Gasteiger partial charge in [-0.3, -0.25) is 19.6 Å². The van der Waals surface area contributed by atoms with E-state index in [1.807, 2.05) is 0 Å². The van der Waals surface area contributed by atoms with E-state index in [4.69, 9.17) is 0 Å². The van der Waals surface area contributed by atoms with Crippen LogP contribution in [0.4, 0.5) is 0 Å². The predicted molar refractivity (Wildman–Crippen MR) is 89.2 cm³/mol. The number of hydrazone groups is 2. The number of pyridine rings is 2. The van der Waals surface area contributed by atoms with Crippen LogP contribution in [0.15, 0.2) is 59.3 Å². The number of hydrogen-bond acceptors (Lipinski definition) is 6. The summed E-state index contributed by atoms with van der Waals surface area (Å²) in [5.41, 5.74) is 6.33. The van der Waals surface area contributed by atoms with Crippen molar-refractivity contribution in [1.82, 2.24) is 20.8 Å². The molecule has 2 rings (SSSR count). The molecule has 0 spiro atoms. The molecule has 0 aliphatic rings. The standard InChI is InChI=1S/C16H16N6O2/c23-15(21-19-11-13-3-7-17-8-4-13)1-2-16(24)22-20-12-14-5-9-18-10-6-14/h3-12H,1-2H2,(H,21,23)(H,22,24)/b19-11+,20-12+. The largest absolute Gasteiger partial charge is 0.273 e. The smallest absolute Gasteiger partial charge is 0.240 e. The summed E-state index contributed by atoms with van der Waals surface area (Å²) in [6.45, 7) is 0. The molecule has 0 aromatic carbocycles. The molecule has 8 heteroatoms. The Bertz CT molecular complexity index is 652. The minimum Gasteiger partial charge on any atom is -0.273 e. The lowest BCUT2D eigenvalue weighted by Crippen LogP contribution is -2.22. The summed E-state index contributed by atoms with van der Waals surface area (Å²) in [4.78, 5) is 30.9. The molecular formula is C16H16N6O2. The summed E-state index contributed by atoms with van der Waals surface area (Å²) < 4.78 is 0. The molecule has 0 saturated heterocycles. The second-order valence-electron chi connectivity index (χ2n) is 4.65. The topological polar surface area (TPSA) is 109 Å². The number of carbonyl (C=O) groups is 2. The SMILES string of the molecule is O=C(CCC(=O)N/N=C/c1ccncc1)N/N=C/c1ccncc1. The van der Waals surface area contributed by atoms with Gasteiger partial charge >= 0.3 is 0 Å². The van der Waals surface area contributed by atoms with Gasteiger partial charge in [0.1, 0.15) is 0 Å². The van der Waals surface area contributed by atoms with E-state index in [9.17, 15) is 9.59 Å². The summed E-state index contributed by atoms with van der Waals surface area (Å²) in [6.07, 6.45) is 9.53. The summed E-state index contributed by atoms with van der Waals surface area (Å²) in [5, 5.41) is 7.60. The van der Waals surface area contributed by atoms with E-state index in [0.29, 0.717) is 0 Å². The Morgan fingerprint density at radius 1 is 0.792 bits per heavy atom. The maximum Gasteiger partial charge on any atom is 0.240 e. The summed E-state index contributed by atoms with van der Waals surface area (Å²) in [6, 6.07) is 7.02. The highest BCUT2D eigenvalue weighted by atomic mass is 16.2. The molecule has 2 amide bonds. The average Bonchev–Trinajstić information content (AvgIpc) is 2.62. The lowest BCUT2D eigenvalue weighted by Gasteiger charge is -2.00. The fourth-order valence-electron chi connectivity index (χ4n) is 1.60. The molecule has 0 aliphatic heterocycles. The number of aromatic nitrogens is 2. The molecule has 0 bridgehead atoms. The van der Waals surface area contributed by atoms with E-state index in [1.165, 1.54) is 12.4 Å². The monoisotopic (exact) mass is 324 g/mol. The molecule has 0 unspecified atom stereocenters. The fraction of sp³-hybridized carbons (Fsp3) is 0.125. The minimum absolute atomic E-state index is 0.0182. The first-order valence-corrected chi connectivity index (χ1v) is 7.18. The van der Waals surface area contributed by atoms with Crippen LogP contribution in [0, 0.1) is 0 Å². The van der Waals surface area contributed by atoms with Crippen LogP contribution in [0.2, 0.25) is 0 Å². The fourth-order valence-corrected chi connectivity index (χ4v) is 1.60. The molecule has 2 aromatic heterocycles. The van der Waals surface area contributed by atoms with Gasteiger partial charge in [-0.1, -0.05) is 0 Å². The Balaban J connectivity index is 1.65. The normalized spacial score (nSPS) is 10.8. The Hall–Kier alpha value is -3.42. The Morgan fingerprint density at radius 2 is 1.17 bits per heavy atom. The molecule has 122 valence electrons. The maximum absolute atomic E-state index is 11.6. The molecule has 0 saturated carbocycles. The van der Waals surface area contributed by atoms with Crippen molar-refractivity contribution in [1.29, 1.82) is 0 Å². The van der Waals surface area contributed by atoms with Crippen molar-refractivity contribution in [2.24, 2.45) is 10.2 Å². The van der Waals surface area contributed by atoms with Gasteiger partial charge in [0.05, 0.1) is 12.4 Å². The van der Waals surface area contributed by atoms with Crippen molar-refractivity contribution in [3.05, 3.63) is 60.2 Å². The molecule has 2 heterocycles. The molecular weight excluding hydrogens is 308 g/mol. The number of nitrogens with one attached hydrogen (secondary N) is 2. The third-order valence-corrected chi connectivity index (χ3v) is 2.80. The van der Waals surface area contributed by atoms with Gasteiger partial charge in [0.15, 0.2) is 0 Å². The second kappa shape index (κ2) is 9.57. The lowest BCUT2D eigenvalue weighted by atomic mass is 10.3. The Morgan fingerprint density at radius 3 is 1.54 bits per heavy atom. The van der Waals surface area contributed by atoms with Gasteiger partial charge in [-0.2, -0.15) is 10.2 Å². The quantitative estimate of drug-likeness (QED) is 0.581. The summed E-state index contributed by atoms with van der Waals surface area (Å²) in [7, 11) is 0. The van der Waals surface area contributed by atoms with Gasteiger partial charge in [0.2, 0.25) is 11.8 Å². The first kappa shape index (κ1) is 16.9. The van der Waals surface area contributed by atoms with E-state index in [-0.39, 0.29) is 24.7 Å². The van der Waals surface area contributed by atoms with E-state index < -0.39 is 0 Å². The number of amides is 2. The van der Waals surface area contributed by atoms with Crippen LogP contribution in [-0.4, -0.2) is 34.2 Å². The molecule has 0 radical (unpaired) electrons. The third kappa shape index (κ3) is 6.56. The van der Waals surface area contributed by atoms with Crippen LogP contribution in [0.5, 0.6) is 0 Å². The number of carbonyl (C=O) groups excluding carboxylic acids is 2. The van der Waals surface area contributed by atoms with E-state index >= 15 is 0 Å². The van der Waals surface area contributed by atoms with E-state index in [1.54, 1.807) is 49.1 Å². The predicted octanol–water partition coefficient (Wildman–Crippen LogP) is 0.857. The average molecular weight is 324 g/mol. The molecule has 0 atom stereocenters. The highest BCUT2D eigenvalue weighted by molar-refractivity contribution is 5.86. The second-order valence-corrected chi connectivity index (χ2v) is 4.65. The van der Waals surface area contributed by atoms with Crippen LogP contribution in [0.25, 0.3) is 0 Å². The number of nitrogens with zero attached hydrogens (tertiary/aromatic N) is 4. The maximum atomic E-state index is 11.6. The number of hydrogen-bond donors (Lipinski definition) is 2. The summed E-state index contributed by atoms with van der Waals surface area (Å²) >= 11 is 0. The van der Waals surface area contributed by atoms with Gasteiger partial charge in [0.25, 0.3) is 0 Å². The van der Waals surface area contributed by atoms with E-state index in [2.05, 4.69) is 31.0 Å². The molecule has 0 fully saturated rings. The molecule has 8 nitrogen and oxygen atoms in total. The van der Waals surface area contributed by atoms with Crippen molar-refractivity contribution < 1.29 is 9.59 Å². The first-order valence-electron chi connectivity index (χ1n) is 7.18. The van der Waals surface area contributed by atoms with Crippen LogP contribution in [0.3, 0.4) is 0 Å².